The Morgan fingerprint density at radius 3 is 1.84 bits per heavy atom. The minimum absolute atomic E-state index is 0.388. The molecule has 0 saturated carbocycles. The van der Waals surface area contributed by atoms with Crippen LogP contribution in [-0.4, -0.2) is 0 Å². The monoisotopic (exact) mass is 260 g/mol. The molecule has 0 radical (unpaired) electrons. The summed E-state index contributed by atoms with van der Waals surface area (Å²) < 4.78 is 0. The molecule has 1 unspecified atom stereocenters. The molecule has 1 aromatic rings. The van der Waals surface area contributed by atoms with Crippen molar-refractivity contribution >= 4 is 0 Å². The Morgan fingerprint density at radius 1 is 0.895 bits per heavy atom. The Kier molecular flexibility index (Phi) is 5.24. The molecule has 1 rings (SSSR count). The van der Waals surface area contributed by atoms with Crippen molar-refractivity contribution < 1.29 is 0 Å². The molecule has 1 atom stereocenters. The predicted molar refractivity (Wildman–Crippen MR) is 86.7 cm³/mol. The molecule has 0 aromatic heterocycles. The quantitative estimate of drug-likeness (QED) is 0.579. The third kappa shape index (κ3) is 5.80. The Labute approximate surface area is 120 Å². The van der Waals surface area contributed by atoms with Gasteiger partial charge >= 0.3 is 0 Å². The van der Waals surface area contributed by atoms with Crippen LogP contribution in [0.25, 0.3) is 0 Å². The second kappa shape index (κ2) is 6.11. The molecule has 0 N–H and O–H groups in total. The van der Waals surface area contributed by atoms with Gasteiger partial charge in [-0.25, -0.2) is 0 Å². The van der Waals surface area contributed by atoms with E-state index in [0.717, 1.165) is 0 Å². The number of hydrogen-bond acceptors (Lipinski definition) is 0. The van der Waals surface area contributed by atoms with E-state index in [4.69, 9.17) is 0 Å². The summed E-state index contributed by atoms with van der Waals surface area (Å²) in [5.41, 5.74) is 3.69. The lowest BCUT2D eigenvalue weighted by molar-refractivity contribution is 0.245. The maximum absolute atomic E-state index is 2.40. The van der Waals surface area contributed by atoms with Gasteiger partial charge in [0.25, 0.3) is 0 Å². The van der Waals surface area contributed by atoms with Crippen molar-refractivity contribution in [1.82, 2.24) is 0 Å². The molecule has 19 heavy (non-hydrogen) atoms. The van der Waals surface area contributed by atoms with Crippen molar-refractivity contribution in [3.05, 3.63) is 35.4 Å². The van der Waals surface area contributed by atoms with Crippen molar-refractivity contribution in [2.24, 2.45) is 10.8 Å². The zero-order chi connectivity index (χ0) is 14.7. The second-order valence-corrected chi connectivity index (χ2v) is 8.09. The lowest BCUT2D eigenvalue weighted by Gasteiger charge is -2.33. The van der Waals surface area contributed by atoms with Gasteiger partial charge in [-0.3, -0.25) is 0 Å². The van der Waals surface area contributed by atoms with Crippen LogP contribution in [0.2, 0.25) is 0 Å². The highest BCUT2D eigenvalue weighted by Crippen LogP contribution is 2.40. The molecule has 0 aliphatic heterocycles. The predicted octanol–water partition coefficient (Wildman–Crippen LogP) is 6.34. The van der Waals surface area contributed by atoms with Crippen LogP contribution >= 0.6 is 0 Å². The molecule has 0 bridgehead atoms. The highest BCUT2D eigenvalue weighted by Gasteiger charge is 2.26. The summed E-state index contributed by atoms with van der Waals surface area (Å²) in [4.78, 5) is 0. The summed E-state index contributed by atoms with van der Waals surface area (Å²) in [7, 11) is 0. The molecule has 0 spiro atoms. The van der Waals surface area contributed by atoms with E-state index >= 15 is 0 Å². The van der Waals surface area contributed by atoms with Crippen LogP contribution in [-0.2, 0) is 0 Å². The molecule has 0 aliphatic carbocycles. The van der Waals surface area contributed by atoms with E-state index < -0.39 is 0 Å². The van der Waals surface area contributed by atoms with Gasteiger partial charge in [-0.2, -0.15) is 0 Å². The van der Waals surface area contributed by atoms with Gasteiger partial charge in [0, 0.05) is 0 Å². The molecule has 0 aliphatic rings. The zero-order valence-corrected chi connectivity index (χ0v) is 14.0. The van der Waals surface area contributed by atoms with Crippen LogP contribution in [0.4, 0.5) is 0 Å². The first-order valence-electron chi connectivity index (χ1n) is 7.69. The summed E-state index contributed by atoms with van der Waals surface area (Å²) in [5, 5.41) is 0. The molecule has 0 nitrogen and oxygen atoms in total. The van der Waals surface area contributed by atoms with E-state index in [2.05, 4.69) is 72.7 Å². The van der Waals surface area contributed by atoms with Crippen LogP contribution in [0, 0.1) is 17.8 Å². The highest BCUT2D eigenvalue weighted by atomic mass is 14.3. The molecule has 0 heterocycles. The van der Waals surface area contributed by atoms with E-state index in [1.165, 1.54) is 30.4 Å². The van der Waals surface area contributed by atoms with Crippen molar-refractivity contribution in [2.75, 3.05) is 0 Å². The van der Waals surface area contributed by atoms with E-state index in [1.807, 2.05) is 0 Å². The van der Waals surface area contributed by atoms with Crippen LogP contribution in [0.15, 0.2) is 24.3 Å². The standard InChI is InChI=1S/C19H32/c1-8-19(6,7)14-17(13-18(3,4)5)16-11-9-15(2)10-12-16/h9-12,17H,8,13-14H2,1-7H3. The summed E-state index contributed by atoms with van der Waals surface area (Å²) in [5.74, 6) is 0.676. The molecule has 0 amide bonds. The van der Waals surface area contributed by atoms with Crippen LogP contribution in [0.1, 0.15) is 77.8 Å². The zero-order valence-electron chi connectivity index (χ0n) is 14.0. The number of aryl methyl sites for hydroxylation is 1. The largest absolute Gasteiger partial charge is 0.0649 e. The second-order valence-electron chi connectivity index (χ2n) is 8.09. The minimum Gasteiger partial charge on any atom is -0.0649 e. The van der Waals surface area contributed by atoms with Crippen LogP contribution in [0.3, 0.4) is 0 Å². The summed E-state index contributed by atoms with van der Waals surface area (Å²) in [6.45, 7) is 16.3. The fraction of sp³-hybridized carbons (Fsp3) is 0.684. The van der Waals surface area contributed by atoms with Gasteiger partial charge in [0.05, 0.1) is 0 Å². The third-order valence-corrected chi connectivity index (χ3v) is 4.16. The minimum atomic E-state index is 0.388. The molecule has 0 saturated heterocycles. The molecule has 0 heteroatoms. The summed E-state index contributed by atoms with van der Waals surface area (Å²) >= 11 is 0. The number of rotatable bonds is 5. The topological polar surface area (TPSA) is 0 Å². The maximum Gasteiger partial charge on any atom is -0.0152 e. The van der Waals surface area contributed by atoms with Gasteiger partial charge < -0.3 is 0 Å². The fourth-order valence-electron chi connectivity index (χ4n) is 2.70. The molecule has 0 fully saturated rings. The van der Waals surface area contributed by atoms with Gasteiger partial charge in [0.2, 0.25) is 0 Å². The van der Waals surface area contributed by atoms with E-state index in [0.29, 0.717) is 16.7 Å². The fourth-order valence-corrected chi connectivity index (χ4v) is 2.70. The number of benzene rings is 1. The van der Waals surface area contributed by atoms with Gasteiger partial charge in [-0.15, -0.1) is 0 Å². The summed E-state index contributed by atoms with van der Waals surface area (Å²) in [6.07, 6.45) is 3.79. The lowest BCUT2D eigenvalue weighted by Crippen LogP contribution is -2.19. The Hall–Kier alpha value is -0.780. The smallest absolute Gasteiger partial charge is 0.0152 e. The molecular weight excluding hydrogens is 228 g/mol. The Balaban J connectivity index is 2.95. The van der Waals surface area contributed by atoms with Gasteiger partial charge in [0.15, 0.2) is 0 Å². The van der Waals surface area contributed by atoms with Crippen molar-refractivity contribution in [3.8, 4) is 0 Å². The first kappa shape index (κ1) is 16.3. The van der Waals surface area contributed by atoms with E-state index in [1.54, 1.807) is 0 Å². The SMILES string of the molecule is CCC(C)(C)CC(CC(C)(C)C)c1ccc(C)cc1. The molecule has 1 aromatic carbocycles. The number of hydrogen-bond donors (Lipinski definition) is 0. The molecule has 108 valence electrons. The first-order valence-corrected chi connectivity index (χ1v) is 7.69. The van der Waals surface area contributed by atoms with Crippen molar-refractivity contribution in [2.45, 2.75) is 73.6 Å². The van der Waals surface area contributed by atoms with Crippen LogP contribution in [0.5, 0.6) is 0 Å². The average Bonchev–Trinajstić information content (AvgIpc) is 2.27. The highest BCUT2D eigenvalue weighted by molar-refractivity contribution is 5.25. The lowest BCUT2D eigenvalue weighted by atomic mass is 9.72. The Morgan fingerprint density at radius 2 is 1.42 bits per heavy atom. The van der Waals surface area contributed by atoms with E-state index in [9.17, 15) is 0 Å². The van der Waals surface area contributed by atoms with Gasteiger partial charge in [-0.1, -0.05) is 77.8 Å². The van der Waals surface area contributed by atoms with Gasteiger partial charge in [0.1, 0.15) is 0 Å². The average molecular weight is 260 g/mol. The van der Waals surface area contributed by atoms with Crippen molar-refractivity contribution in [1.29, 1.82) is 0 Å². The molecular formula is C19H32. The maximum atomic E-state index is 2.40. The third-order valence-electron chi connectivity index (χ3n) is 4.16. The normalized spacial score (nSPS) is 14.5. The van der Waals surface area contributed by atoms with Crippen LogP contribution < -0.4 is 0 Å². The van der Waals surface area contributed by atoms with Crippen molar-refractivity contribution in [3.63, 3.8) is 0 Å². The van der Waals surface area contributed by atoms with Gasteiger partial charge in [-0.05, 0) is 42.1 Å². The Bertz CT molecular complexity index is 375. The summed E-state index contributed by atoms with van der Waals surface area (Å²) in [6, 6.07) is 9.17. The first-order chi connectivity index (χ1) is 8.63. The van der Waals surface area contributed by atoms with E-state index in [-0.39, 0.29) is 0 Å².